The molecular formula is C11H23N3O. The lowest BCUT2D eigenvalue weighted by Crippen LogP contribution is -2.56. The Hall–Kier alpha value is -0.610. The van der Waals surface area contributed by atoms with Crippen LogP contribution >= 0.6 is 0 Å². The van der Waals surface area contributed by atoms with Crippen LogP contribution in [0.15, 0.2) is 0 Å². The quantitative estimate of drug-likeness (QED) is 0.725. The summed E-state index contributed by atoms with van der Waals surface area (Å²) in [5.74, 6) is 0.216. The zero-order valence-electron chi connectivity index (χ0n) is 10.3. The maximum atomic E-state index is 11.7. The van der Waals surface area contributed by atoms with E-state index in [1.807, 2.05) is 11.9 Å². The number of hydrogen-bond donors (Lipinski definition) is 1. The van der Waals surface area contributed by atoms with Gasteiger partial charge in [-0.25, -0.2) is 0 Å². The van der Waals surface area contributed by atoms with E-state index < -0.39 is 0 Å². The summed E-state index contributed by atoms with van der Waals surface area (Å²) >= 11 is 0. The lowest BCUT2D eigenvalue weighted by molar-refractivity contribution is -0.134. The van der Waals surface area contributed by atoms with Crippen LogP contribution in [0.1, 0.15) is 20.8 Å². The maximum Gasteiger partial charge on any atom is 0.236 e. The molecule has 1 rings (SSSR count). The van der Waals surface area contributed by atoms with E-state index in [-0.39, 0.29) is 5.91 Å². The molecular weight excluding hydrogens is 190 g/mol. The van der Waals surface area contributed by atoms with E-state index in [0.717, 1.165) is 19.6 Å². The highest BCUT2D eigenvalue weighted by Gasteiger charge is 2.27. The molecule has 88 valence electrons. The first-order chi connectivity index (χ1) is 7.06. The molecule has 1 aliphatic rings. The van der Waals surface area contributed by atoms with Crippen molar-refractivity contribution in [1.82, 2.24) is 15.1 Å². The SMILES string of the molecule is CNCC(=O)N1CCN(C(C)C)CC1C. The molecule has 1 aliphatic heterocycles. The average Bonchev–Trinajstić information content (AvgIpc) is 2.17. The fraction of sp³-hybridized carbons (Fsp3) is 0.909. The van der Waals surface area contributed by atoms with Crippen LogP contribution in [0, 0.1) is 0 Å². The van der Waals surface area contributed by atoms with Crippen molar-refractivity contribution in [1.29, 1.82) is 0 Å². The number of amides is 1. The zero-order chi connectivity index (χ0) is 11.4. The van der Waals surface area contributed by atoms with E-state index in [9.17, 15) is 4.79 Å². The minimum atomic E-state index is 0.216. The highest BCUT2D eigenvalue weighted by Crippen LogP contribution is 2.11. The van der Waals surface area contributed by atoms with Gasteiger partial charge in [-0.2, -0.15) is 0 Å². The summed E-state index contributed by atoms with van der Waals surface area (Å²) in [6.07, 6.45) is 0. The van der Waals surface area contributed by atoms with Gasteiger partial charge < -0.3 is 10.2 Å². The molecule has 1 N–H and O–H groups in total. The summed E-state index contributed by atoms with van der Waals surface area (Å²) in [4.78, 5) is 16.1. The van der Waals surface area contributed by atoms with E-state index in [1.165, 1.54) is 0 Å². The van der Waals surface area contributed by atoms with Crippen LogP contribution in [0.25, 0.3) is 0 Å². The van der Waals surface area contributed by atoms with Crippen LogP contribution in [0.2, 0.25) is 0 Å². The molecule has 0 bridgehead atoms. The third-order valence-corrected chi connectivity index (χ3v) is 3.04. The molecule has 15 heavy (non-hydrogen) atoms. The summed E-state index contributed by atoms with van der Waals surface area (Å²) in [5.41, 5.74) is 0. The minimum absolute atomic E-state index is 0.216. The Morgan fingerprint density at radius 3 is 2.60 bits per heavy atom. The molecule has 0 saturated carbocycles. The summed E-state index contributed by atoms with van der Waals surface area (Å²) in [5, 5.41) is 2.91. The second-order valence-corrected chi connectivity index (χ2v) is 4.56. The molecule has 1 heterocycles. The van der Waals surface area contributed by atoms with Gasteiger partial charge in [0.25, 0.3) is 0 Å². The van der Waals surface area contributed by atoms with Crippen molar-refractivity contribution in [2.45, 2.75) is 32.9 Å². The first-order valence-electron chi connectivity index (χ1n) is 5.74. The van der Waals surface area contributed by atoms with Crippen LogP contribution in [0.3, 0.4) is 0 Å². The summed E-state index contributed by atoms with van der Waals surface area (Å²) in [7, 11) is 1.81. The number of nitrogens with one attached hydrogen (secondary N) is 1. The van der Waals surface area contributed by atoms with Gasteiger partial charge in [-0.1, -0.05) is 0 Å². The van der Waals surface area contributed by atoms with E-state index in [0.29, 0.717) is 18.6 Å². The molecule has 0 aromatic carbocycles. The summed E-state index contributed by atoms with van der Waals surface area (Å²) in [6, 6.07) is 0.913. The maximum absolute atomic E-state index is 11.7. The molecule has 0 radical (unpaired) electrons. The van der Waals surface area contributed by atoms with Crippen LogP contribution < -0.4 is 5.32 Å². The second kappa shape index (κ2) is 5.47. The van der Waals surface area contributed by atoms with Crippen molar-refractivity contribution >= 4 is 5.91 Å². The predicted molar refractivity (Wildman–Crippen MR) is 61.8 cm³/mol. The molecule has 4 nitrogen and oxygen atoms in total. The van der Waals surface area contributed by atoms with Crippen molar-refractivity contribution in [3.63, 3.8) is 0 Å². The number of nitrogens with zero attached hydrogens (tertiary/aromatic N) is 2. The molecule has 0 aliphatic carbocycles. The van der Waals surface area contributed by atoms with Gasteiger partial charge in [0, 0.05) is 31.7 Å². The number of hydrogen-bond acceptors (Lipinski definition) is 3. The van der Waals surface area contributed by atoms with Crippen LogP contribution in [0.5, 0.6) is 0 Å². The molecule has 1 atom stereocenters. The topological polar surface area (TPSA) is 35.6 Å². The third kappa shape index (κ3) is 3.18. The summed E-state index contributed by atoms with van der Waals surface area (Å²) < 4.78 is 0. The number of likely N-dealkylation sites (N-methyl/N-ethyl adjacent to an activating group) is 1. The van der Waals surface area contributed by atoms with Gasteiger partial charge in [0.1, 0.15) is 0 Å². The monoisotopic (exact) mass is 213 g/mol. The highest BCUT2D eigenvalue weighted by atomic mass is 16.2. The fourth-order valence-electron chi connectivity index (χ4n) is 2.08. The molecule has 0 aromatic heterocycles. The lowest BCUT2D eigenvalue weighted by atomic mass is 10.1. The van der Waals surface area contributed by atoms with E-state index in [1.54, 1.807) is 0 Å². The Morgan fingerprint density at radius 2 is 2.13 bits per heavy atom. The van der Waals surface area contributed by atoms with Gasteiger partial charge in [-0.05, 0) is 27.8 Å². The Kier molecular flexibility index (Phi) is 4.54. The number of rotatable bonds is 3. The van der Waals surface area contributed by atoms with E-state index >= 15 is 0 Å². The van der Waals surface area contributed by atoms with Crippen molar-refractivity contribution in [2.24, 2.45) is 0 Å². The molecule has 0 aromatic rings. The Bertz CT molecular complexity index is 218. The van der Waals surface area contributed by atoms with Gasteiger partial charge in [-0.15, -0.1) is 0 Å². The Labute approximate surface area is 92.6 Å². The molecule has 0 spiro atoms. The van der Waals surface area contributed by atoms with Crippen molar-refractivity contribution in [2.75, 3.05) is 33.2 Å². The molecule has 1 fully saturated rings. The first kappa shape index (κ1) is 12.5. The molecule has 1 saturated heterocycles. The van der Waals surface area contributed by atoms with Gasteiger partial charge >= 0.3 is 0 Å². The Balaban J connectivity index is 2.48. The minimum Gasteiger partial charge on any atom is -0.336 e. The third-order valence-electron chi connectivity index (χ3n) is 3.04. The van der Waals surface area contributed by atoms with E-state index in [4.69, 9.17) is 0 Å². The molecule has 4 heteroatoms. The number of piperazine rings is 1. The smallest absolute Gasteiger partial charge is 0.236 e. The normalized spacial score (nSPS) is 23.5. The van der Waals surface area contributed by atoms with Gasteiger partial charge in [0.05, 0.1) is 6.54 Å². The standard InChI is InChI=1S/C11H23N3O/c1-9(2)13-5-6-14(10(3)8-13)11(15)7-12-4/h9-10,12H,5-8H2,1-4H3. The number of carbonyl (C=O) groups is 1. The average molecular weight is 213 g/mol. The first-order valence-corrected chi connectivity index (χ1v) is 5.74. The van der Waals surface area contributed by atoms with Crippen molar-refractivity contribution in [3.05, 3.63) is 0 Å². The largest absolute Gasteiger partial charge is 0.336 e. The fourth-order valence-corrected chi connectivity index (χ4v) is 2.08. The second-order valence-electron chi connectivity index (χ2n) is 4.56. The van der Waals surface area contributed by atoms with Gasteiger partial charge in [0.2, 0.25) is 5.91 Å². The summed E-state index contributed by atoms with van der Waals surface area (Å²) in [6.45, 7) is 9.84. The number of carbonyl (C=O) groups excluding carboxylic acids is 1. The highest BCUT2D eigenvalue weighted by molar-refractivity contribution is 5.78. The lowest BCUT2D eigenvalue weighted by Gasteiger charge is -2.41. The molecule has 1 unspecified atom stereocenters. The van der Waals surface area contributed by atoms with Gasteiger partial charge in [0.15, 0.2) is 0 Å². The molecule has 1 amide bonds. The van der Waals surface area contributed by atoms with Crippen molar-refractivity contribution < 1.29 is 4.79 Å². The van der Waals surface area contributed by atoms with Crippen LogP contribution in [0.4, 0.5) is 0 Å². The zero-order valence-corrected chi connectivity index (χ0v) is 10.3. The van der Waals surface area contributed by atoms with E-state index in [2.05, 4.69) is 31.0 Å². The van der Waals surface area contributed by atoms with Crippen molar-refractivity contribution in [3.8, 4) is 0 Å². The Morgan fingerprint density at radius 1 is 1.47 bits per heavy atom. The van der Waals surface area contributed by atoms with Crippen LogP contribution in [-0.4, -0.2) is 61.0 Å². The van der Waals surface area contributed by atoms with Gasteiger partial charge in [-0.3, -0.25) is 9.69 Å². The predicted octanol–water partition coefficient (Wildman–Crippen LogP) is 0.147. The van der Waals surface area contributed by atoms with Crippen LogP contribution in [-0.2, 0) is 4.79 Å².